The summed E-state index contributed by atoms with van der Waals surface area (Å²) in [5.74, 6) is -36.4. The number of allylic oxidation sites excluding steroid dienone is 1. The Morgan fingerprint density at radius 1 is 0.556 bits per heavy atom. The number of carboxylic acid groups (broad SMARTS) is 1. The van der Waals surface area contributed by atoms with Crippen LogP contribution in [0.25, 0.3) is 0 Å². The first-order valence-electron chi connectivity index (χ1n) is 7.26. The molecule has 0 aromatic carbocycles. The standard InChI is InChI=1S/C11H2F19NO4S/c12-4(13,8(20,21)22)2(5(14,15)9(23,24)25)1(3(32)33)31-36(34,35)11(29,30)7(18,19)6(16,17)10(26,27)28/h31H,(H,32,33). The number of alkyl halides is 19. The molecule has 0 radical (unpaired) electrons. The van der Waals surface area contributed by atoms with Gasteiger partial charge in [-0.05, 0) is 0 Å². The third-order valence-corrected chi connectivity index (χ3v) is 4.90. The highest BCUT2D eigenvalue weighted by atomic mass is 32.2. The number of aliphatic carboxylic acids is 1. The van der Waals surface area contributed by atoms with Gasteiger partial charge in [0, 0.05) is 0 Å². The molecule has 0 amide bonds. The van der Waals surface area contributed by atoms with Crippen LogP contribution in [0, 0.1) is 0 Å². The summed E-state index contributed by atoms with van der Waals surface area (Å²) in [5.41, 5.74) is -9.81. The second kappa shape index (κ2) is 8.59. The van der Waals surface area contributed by atoms with Crippen molar-refractivity contribution >= 4 is 16.0 Å². The molecule has 0 rings (SSSR count). The fraction of sp³-hybridized carbons (Fsp3) is 0.727. The lowest BCUT2D eigenvalue weighted by Gasteiger charge is -2.34. The Morgan fingerprint density at radius 2 is 0.861 bits per heavy atom. The lowest BCUT2D eigenvalue weighted by Crippen LogP contribution is -2.65. The molecule has 0 spiro atoms. The largest absolute Gasteiger partial charge is 0.477 e. The predicted octanol–water partition coefficient (Wildman–Crippen LogP) is 5.07. The van der Waals surface area contributed by atoms with Gasteiger partial charge in [-0.1, -0.05) is 0 Å². The lowest BCUT2D eigenvalue weighted by atomic mass is 9.98. The summed E-state index contributed by atoms with van der Waals surface area (Å²) in [4.78, 5) is 10.8. The maximum Gasteiger partial charge on any atom is 0.460 e. The first-order valence-corrected chi connectivity index (χ1v) is 8.74. The SMILES string of the molecule is O=C(O)C(NS(=O)(=O)C(F)(F)C(F)(F)C(F)(F)C(F)(F)F)=C(C(F)(F)C(F)(F)F)C(F)(F)C(F)(F)F. The molecule has 36 heavy (non-hydrogen) atoms. The van der Waals surface area contributed by atoms with E-state index >= 15 is 0 Å². The molecule has 25 heteroatoms. The molecule has 0 heterocycles. The number of halogens is 19. The van der Waals surface area contributed by atoms with Crippen molar-refractivity contribution in [3.05, 3.63) is 11.3 Å². The van der Waals surface area contributed by atoms with Crippen molar-refractivity contribution in [1.82, 2.24) is 4.72 Å². The van der Waals surface area contributed by atoms with E-state index in [0.717, 1.165) is 0 Å². The number of rotatable bonds is 8. The summed E-state index contributed by atoms with van der Waals surface area (Å²) < 4.78 is 265. The topological polar surface area (TPSA) is 83.5 Å². The van der Waals surface area contributed by atoms with Gasteiger partial charge >= 0.3 is 63.5 Å². The van der Waals surface area contributed by atoms with Gasteiger partial charge in [-0.2, -0.15) is 91.8 Å². The van der Waals surface area contributed by atoms with Gasteiger partial charge in [-0.3, -0.25) is 4.72 Å². The van der Waals surface area contributed by atoms with Crippen molar-refractivity contribution in [3.8, 4) is 0 Å². The fourth-order valence-corrected chi connectivity index (χ4v) is 2.78. The number of sulfonamides is 1. The average Bonchev–Trinajstić information content (AvgIpc) is 2.56. The molecular weight excluding hydrogens is 603 g/mol. The highest BCUT2D eigenvalue weighted by molar-refractivity contribution is 7.90. The van der Waals surface area contributed by atoms with Crippen LogP contribution in [0.2, 0.25) is 0 Å². The molecule has 0 bridgehead atoms. The van der Waals surface area contributed by atoms with Crippen LogP contribution in [0.15, 0.2) is 11.3 Å². The Morgan fingerprint density at radius 3 is 1.08 bits per heavy atom. The van der Waals surface area contributed by atoms with Gasteiger partial charge in [0.05, 0.1) is 0 Å². The predicted molar refractivity (Wildman–Crippen MR) is 69.6 cm³/mol. The zero-order valence-corrected chi connectivity index (χ0v) is 16.1. The van der Waals surface area contributed by atoms with Crippen LogP contribution in [0.4, 0.5) is 83.4 Å². The zero-order chi connectivity index (χ0) is 29.9. The summed E-state index contributed by atoms with van der Waals surface area (Å²) in [6, 6.07) is 0. The van der Waals surface area contributed by atoms with Crippen LogP contribution < -0.4 is 4.72 Å². The summed E-state index contributed by atoms with van der Waals surface area (Å²) in [5, 5.41) is 0.229. The number of carboxylic acids is 1. The van der Waals surface area contributed by atoms with E-state index in [1.165, 1.54) is 0 Å². The first-order chi connectivity index (χ1) is 15.2. The van der Waals surface area contributed by atoms with Gasteiger partial charge in [0.1, 0.15) is 11.3 Å². The molecule has 0 atom stereocenters. The minimum atomic E-state index is -8.62. The Kier molecular flexibility index (Phi) is 8.03. The fourth-order valence-electron chi connectivity index (χ4n) is 1.72. The molecule has 214 valence electrons. The monoisotopic (exact) mass is 605 g/mol. The number of carbonyl (C=O) groups is 1. The lowest BCUT2D eigenvalue weighted by molar-refractivity contribution is -0.382. The van der Waals surface area contributed by atoms with Crippen molar-refractivity contribution in [2.45, 2.75) is 47.5 Å². The molecule has 0 aromatic rings. The van der Waals surface area contributed by atoms with Gasteiger partial charge in [-0.15, -0.1) is 0 Å². The van der Waals surface area contributed by atoms with Crippen LogP contribution in [-0.4, -0.2) is 67.0 Å². The molecule has 0 unspecified atom stereocenters. The van der Waals surface area contributed by atoms with E-state index in [0.29, 0.717) is 0 Å². The average molecular weight is 605 g/mol. The minimum Gasteiger partial charge on any atom is -0.477 e. The molecule has 2 N–H and O–H groups in total. The Labute approximate surface area is 182 Å². The van der Waals surface area contributed by atoms with E-state index in [1.54, 1.807) is 0 Å². The van der Waals surface area contributed by atoms with Crippen LogP contribution in [0.5, 0.6) is 0 Å². The van der Waals surface area contributed by atoms with Gasteiger partial charge in [0.25, 0.3) is 0 Å². The third-order valence-electron chi connectivity index (χ3n) is 3.49. The summed E-state index contributed by atoms with van der Waals surface area (Å²) in [6.07, 6.45) is -23.3. The van der Waals surface area contributed by atoms with Gasteiger partial charge < -0.3 is 5.11 Å². The van der Waals surface area contributed by atoms with Gasteiger partial charge in [0.2, 0.25) is 0 Å². The number of nitrogens with one attached hydrogen (secondary N) is 1. The Balaban J connectivity index is 7.61. The first kappa shape index (κ1) is 33.6. The summed E-state index contributed by atoms with van der Waals surface area (Å²) in [6.45, 7) is 0. The summed E-state index contributed by atoms with van der Waals surface area (Å²) >= 11 is 0. The van der Waals surface area contributed by atoms with E-state index in [4.69, 9.17) is 5.11 Å². The minimum absolute atomic E-state index is 1.22. The van der Waals surface area contributed by atoms with Crippen LogP contribution in [-0.2, 0) is 14.8 Å². The maximum absolute atomic E-state index is 13.5. The van der Waals surface area contributed by atoms with Gasteiger partial charge in [-0.25, -0.2) is 4.79 Å². The van der Waals surface area contributed by atoms with Crippen molar-refractivity contribution in [1.29, 1.82) is 0 Å². The van der Waals surface area contributed by atoms with Gasteiger partial charge in [0.15, 0.2) is 0 Å². The summed E-state index contributed by atoms with van der Waals surface area (Å²) in [7, 11) is -8.62. The molecule has 0 aliphatic rings. The van der Waals surface area contributed by atoms with E-state index in [1.807, 2.05) is 0 Å². The molecular formula is C11H2F19NO4S. The highest BCUT2D eigenvalue weighted by Gasteiger charge is 2.86. The van der Waals surface area contributed by atoms with Crippen molar-refractivity contribution in [2.75, 3.05) is 0 Å². The smallest absolute Gasteiger partial charge is 0.460 e. The van der Waals surface area contributed by atoms with Crippen molar-refractivity contribution in [2.24, 2.45) is 0 Å². The molecule has 5 nitrogen and oxygen atoms in total. The second-order valence-electron chi connectivity index (χ2n) is 5.97. The normalized spacial score (nSPS) is 15.5. The van der Waals surface area contributed by atoms with Crippen LogP contribution >= 0.6 is 0 Å². The molecule has 0 fully saturated rings. The zero-order valence-electron chi connectivity index (χ0n) is 15.3. The van der Waals surface area contributed by atoms with E-state index in [2.05, 4.69) is 0 Å². The maximum atomic E-state index is 13.5. The van der Waals surface area contributed by atoms with E-state index in [-0.39, 0.29) is 0 Å². The Hall–Kier alpha value is -2.37. The molecule has 0 saturated carbocycles. The molecule has 0 saturated heterocycles. The Bertz CT molecular complexity index is 972. The van der Waals surface area contributed by atoms with E-state index in [9.17, 15) is 96.6 Å². The second-order valence-corrected chi connectivity index (χ2v) is 7.69. The highest BCUT2D eigenvalue weighted by Crippen LogP contribution is 2.56. The third kappa shape index (κ3) is 5.05. The van der Waals surface area contributed by atoms with Crippen molar-refractivity contribution in [3.63, 3.8) is 0 Å². The number of hydrogen-bond donors (Lipinski definition) is 2. The quantitative estimate of drug-likeness (QED) is 0.300. The molecule has 0 aliphatic carbocycles. The van der Waals surface area contributed by atoms with Crippen LogP contribution in [0.1, 0.15) is 0 Å². The van der Waals surface area contributed by atoms with E-state index < -0.39 is 79.5 Å². The van der Waals surface area contributed by atoms with Crippen molar-refractivity contribution < 1.29 is 102 Å². The molecule has 0 aliphatic heterocycles. The number of hydrogen-bond acceptors (Lipinski definition) is 3. The molecule has 0 aromatic heterocycles. The van der Waals surface area contributed by atoms with Crippen LogP contribution in [0.3, 0.4) is 0 Å².